The zero-order valence-electron chi connectivity index (χ0n) is 18.7. The SMILES string of the molecule is CCCCN=Cc1cc(/C=C/C(=O)c2ccccc2)c2c(ccc3c(C)cc(=O)oc32)c1O. The van der Waals surface area contributed by atoms with Crippen LogP contribution in [0.15, 0.2) is 74.9 Å². The molecule has 4 rings (SSSR count). The molecule has 0 amide bonds. The van der Waals surface area contributed by atoms with E-state index in [0.717, 1.165) is 23.8 Å². The van der Waals surface area contributed by atoms with Crippen molar-refractivity contribution in [2.45, 2.75) is 26.7 Å². The molecule has 0 bridgehead atoms. The highest BCUT2D eigenvalue weighted by Gasteiger charge is 2.15. The maximum Gasteiger partial charge on any atom is 0.336 e. The van der Waals surface area contributed by atoms with Crippen LogP contribution < -0.4 is 5.63 Å². The van der Waals surface area contributed by atoms with E-state index in [4.69, 9.17) is 4.42 Å². The number of ketones is 1. The van der Waals surface area contributed by atoms with Gasteiger partial charge in [0.15, 0.2) is 5.78 Å². The Morgan fingerprint density at radius 1 is 1.06 bits per heavy atom. The van der Waals surface area contributed by atoms with Gasteiger partial charge in [-0.3, -0.25) is 9.79 Å². The fraction of sp³-hybridized carbons (Fsp3) is 0.179. The summed E-state index contributed by atoms with van der Waals surface area (Å²) < 4.78 is 5.58. The van der Waals surface area contributed by atoms with Crippen LogP contribution in [0.3, 0.4) is 0 Å². The van der Waals surface area contributed by atoms with Crippen molar-refractivity contribution >= 4 is 39.8 Å². The van der Waals surface area contributed by atoms with E-state index in [1.807, 2.05) is 31.2 Å². The number of unbranched alkanes of at least 4 members (excludes halogenated alkanes) is 1. The number of carbonyl (C=O) groups excluding carboxylic acids is 1. The third-order valence-corrected chi connectivity index (χ3v) is 5.59. The van der Waals surface area contributed by atoms with Gasteiger partial charge in [0.1, 0.15) is 11.3 Å². The lowest BCUT2D eigenvalue weighted by molar-refractivity contribution is 0.104. The van der Waals surface area contributed by atoms with Crippen molar-refractivity contribution in [2.24, 2.45) is 4.99 Å². The van der Waals surface area contributed by atoms with E-state index in [1.165, 1.54) is 12.1 Å². The summed E-state index contributed by atoms with van der Waals surface area (Å²) in [5.74, 6) is -0.0873. The smallest absolute Gasteiger partial charge is 0.336 e. The fourth-order valence-corrected chi connectivity index (χ4v) is 3.84. The molecule has 1 heterocycles. The number of rotatable bonds is 7. The highest BCUT2D eigenvalue weighted by molar-refractivity contribution is 6.15. The van der Waals surface area contributed by atoms with E-state index in [9.17, 15) is 14.7 Å². The predicted octanol–water partition coefficient (Wildman–Crippen LogP) is 6.08. The number of hydrogen-bond donors (Lipinski definition) is 1. The summed E-state index contributed by atoms with van der Waals surface area (Å²) in [6, 6.07) is 15.8. The monoisotopic (exact) mass is 439 g/mol. The van der Waals surface area contributed by atoms with E-state index in [2.05, 4.69) is 11.9 Å². The van der Waals surface area contributed by atoms with Crippen LogP contribution in [0.2, 0.25) is 0 Å². The largest absolute Gasteiger partial charge is 0.507 e. The summed E-state index contributed by atoms with van der Waals surface area (Å²) in [6.07, 6.45) is 6.82. The number of benzene rings is 3. The number of aryl methyl sites for hydroxylation is 1. The number of aliphatic imine (C=N–C) groups is 1. The van der Waals surface area contributed by atoms with Gasteiger partial charge >= 0.3 is 5.63 Å². The van der Waals surface area contributed by atoms with E-state index >= 15 is 0 Å². The minimum atomic E-state index is -0.465. The van der Waals surface area contributed by atoms with Crippen LogP contribution in [0.4, 0.5) is 0 Å². The Morgan fingerprint density at radius 2 is 1.82 bits per heavy atom. The van der Waals surface area contributed by atoms with Crippen molar-refractivity contribution in [3.8, 4) is 5.75 Å². The summed E-state index contributed by atoms with van der Waals surface area (Å²) in [5.41, 5.74) is 2.47. The predicted molar refractivity (Wildman–Crippen MR) is 134 cm³/mol. The average Bonchev–Trinajstić information content (AvgIpc) is 2.82. The Balaban J connectivity index is 1.94. The molecule has 3 aromatic carbocycles. The van der Waals surface area contributed by atoms with Gasteiger partial charge in [-0.2, -0.15) is 0 Å². The minimum Gasteiger partial charge on any atom is -0.507 e. The van der Waals surface area contributed by atoms with Crippen LogP contribution in [0.25, 0.3) is 27.8 Å². The molecule has 0 unspecified atom stereocenters. The molecule has 5 heteroatoms. The lowest BCUT2D eigenvalue weighted by atomic mass is 9.96. The summed E-state index contributed by atoms with van der Waals surface area (Å²) in [4.78, 5) is 29.3. The molecule has 0 saturated heterocycles. The van der Waals surface area contributed by atoms with Crippen LogP contribution in [0, 0.1) is 6.92 Å². The zero-order valence-corrected chi connectivity index (χ0v) is 18.7. The van der Waals surface area contributed by atoms with Crippen molar-refractivity contribution in [3.63, 3.8) is 0 Å². The number of fused-ring (bicyclic) bond motifs is 3. The Kier molecular flexibility index (Phi) is 6.50. The molecular formula is C28H25NO4. The van der Waals surface area contributed by atoms with Crippen LogP contribution in [-0.4, -0.2) is 23.6 Å². The second-order valence-electron chi connectivity index (χ2n) is 7.97. The van der Waals surface area contributed by atoms with Crippen molar-refractivity contribution in [2.75, 3.05) is 6.54 Å². The van der Waals surface area contributed by atoms with Crippen molar-refractivity contribution in [3.05, 3.63) is 93.3 Å². The van der Waals surface area contributed by atoms with Gasteiger partial charge in [0.2, 0.25) is 0 Å². The second-order valence-corrected chi connectivity index (χ2v) is 7.97. The molecule has 0 spiro atoms. The molecule has 33 heavy (non-hydrogen) atoms. The zero-order chi connectivity index (χ0) is 23.4. The Morgan fingerprint density at radius 3 is 2.58 bits per heavy atom. The summed E-state index contributed by atoms with van der Waals surface area (Å²) in [6.45, 7) is 4.60. The normalized spacial score (nSPS) is 11.8. The number of allylic oxidation sites excluding steroid dienone is 1. The summed E-state index contributed by atoms with van der Waals surface area (Å²) >= 11 is 0. The third kappa shape index (κ3) is 4.62. The Hall–Kier alpha value is -3.99. The lowest BCUT2D eigenvalue weighted by Gasteiger charge is -2.11. The quantitative estimate of drug-likeness (QED) is 0.0946. The fourth-order valence-electron chi connectivity index (χ4n) is 3.84. The van der Waals surface area contributed by atoms with Gasteiger partial charge in [0.05, 0.1) is 0 Å². The average molecular weight is 440 g/mol. The highest BCUT2D eigenvalue weighted by Crippen LogP contribution is 2.37. The first-order valence-electron chi connectivity index (χ1n) is 11.0. The van der Waals surface area contributed by atoms with E-state index in [1.54, 1.807) is 36.6 Å². The first kappa shape index (κ1) is 22.2. The Labute approximate surface area is 191 Å². The molecule has 1 aromatic heterocycles. The first-order chi connectivity index (χ1) is 16.0. The van der Waals surface area contributed by atoms with Crippen LogP contribution in [-0.2, 0) is 0 Å². The molecule has 0 saturated carbocycles. The maximum atomic E-state index is 12.7. The minimum absolute atomic E-state index is 0.0582. The van der Waals surface area contributed by atoms with Crippen molar-refractivity contribution < 1.29 is 14.3 Å². The molecule has 4 aromatic rings. The maximum absolute atomic E-state index is 12.7. The van der Waals surface area contributed by atoms with Crippen LogP contribution in [0.5, 0.6) is 5.75 Å². The standard InChI is InChI=1S/C28H25NO4/c1-3-4-14-29-17-21-16-20(10-13-24(30)19-8-6-5-7-9-19)26-23(27(21)32)12-11-22-18(2)15-25(31)33-28(22)26/h5-13,15-17,32H,3-4,14H2,1-2H3/b13-10+,29-17?. The van der Waals surface area contributed by atoms with Gasteiger partial charge in [-0.15, -0.1) is 0 Å². The number of phenolic OH excluding ortho intramolecular Hbond substituents is 1. The van der Waals surface area contributed by atoms with Crippen LogP contribution in [0.1, 0.15) is 46.8 Å². The molecule has 0 radical (unpaired) electrons. The molecule has 0 aliphatic heterocycles. The number of hydrogen-bond acceptors (Lipinski definition) is 5. The van der Waals surface area contributed by atoms with Crippen molar-refractivity contribution in [1.82, 2.24) is 0 Å². The summed E-state index contributed by atoms with van der Waals surface area (Å²) in [7, 11) is 0. The van der Waals surface area contributed by atoms with Crippen molar-refractivity contribution in [1.29, 1.82) is 0 Å². The number of aromatic hydroxyl groups is 1. The Bertz CT molecular complexity index is 1450. The molecular weight excluding hydrogens is 414 g/mol. The van der Waals surface area contributed by atoms with Gasteiger partial charge < -0.3 is 9.52 Å². The molecule has 1 N–H and O–H groups in total. The van der Waals surface area contributed by atoms with E-state index in [0.29, 0.717) is 39.6 Å². The topological polar surface area (TPSA) is 79.9 Å². The molecule has 166 valence electrons. The lowest BCUT2D eigenvalue weighted by Crippen LogP contribution is -1.99. The summed E-state index contributed by atoms with van der Waals surface area (Å²) in [5, 5.41) is 12.9. The number of phenols is 1. The highest BCUT2D eigenvalue weighted by atomic mass is 16.4. The van der Waals surface area contributed by atoms with Gasteiger partial charge in [-0.1, -0.05) is 55.8 Å². The van der Waals surface area contributed by atoms with Gasteiger partial charge in [-0.25, -0.2) is 4.79 Å². The number of nitrogens with zero attached hydrogens (tertiary/aromatic N) is 1. The van der Waals surface area contributed by atoms with Crippen LogP contribution >= 0.6 is 0 Å². The first-order valence-corrected chi connectivity index (χ1v) is 11.0. The number of carbonyl (C=O) groups is 1. The van der Waals surface area contributed by atoms with Gasteiger partial charge in [0, 0.05) is 46.1 Å². The van der Waals surface area contributed by atoms with Gasteiger partial charge in [-0.05, 0) is 42.7 Å². The second kappa shape index (κ2) is 9.65. The van der Waals surface area contributed by atoms with Gasteiger partial charge in [0.25, 0.3) is 0 Å². The van der Waals surface area contributed by atoms with E-state index in [-0.39, 0.29) is 11.5 Å². The molecule has 0 aliphatic rings. The molecule has 0 atom stereocenters. The molecule has 0 aliphatic carbocycles. The van der Waals surface area contributed by atoms with E-state index < -0.39 is 5.63 Å². The molecule has 0 fully saturated rings. The third-order valence-electron chi connectivity index (χ3n) is 5.59. The molecule has 5 nitrogen and oxygen atoms in total.